The van der Waals surface area contributed by atoms with Gasteiger partial charge in [-0.05, 0) is 12.3 Å². The van der Waals surface area contributed by atoms with Gasteiger partial charge in [0.05, 0.1) is 6.10 Å². The molecule has 0 unspecified atom stereocenters. The summed E-state index contributed by atoms with van der Waals surface area (Å²) in [4.78, 5) is 0. The van der Waals surface area contributed by atoms with Crippen LogP contribution in [-0.2, 0) is 0 Å². The lowest BCUT2D eigenvalue weighted by Crippen LogP contribution is -2.00. The van der Waals surface area contributed by atoms with Crippen LogP contribution in [0.5, 0.6) is 0 Å². The van der Waals surface area contributed by atoms with Crippen molar-refractivity contribution in [3.8, 4) is 0 Å². The predicted octanol–water partition coefficient (Wildman–Crippen LogP) is 2.84. The van der Waals surface area contributed by atoms with Gasteiger partial charge in [-0.25, -0.2) is 0 Å². The zero-order valence-electron chi connectivity index (χ0n) is 8.19. The zero-order chi connectivity index (χ0) is 9.52. The van der Waals surface area contributed by atoms with Crippen LogP contribution in [0.25, 0.3) is 0 Å². The molecule has 1 nitrogen and oxygen atoms in total. The normalized spacial score (nSPS) is 27.2. The van der Waals surface area contributed by atoms with Gasteiger partial charge in [0.1, 0.15) is 0 Å². The van der Waals surface area contributed by atoms with Gasteiger partial charge >= 0.3 is 0 Å². The monoisotopic (exact) mass is 178 g/mol. The van der Waals surface area contributed by atoms with Crippen molar-refractivity contribution in [1.29, 1.82) is 0 Å². The van der Waals surface area contributed by atoms with E-state index in [1.807, 2.05) is 18.2 Å². The first-order valence-electron chi connectivity index (χ1n) is 5.04. The van der Waals surface area contributed by atoms with Crippen molar-refractivity contribution in [3.05, 3.63) is 36.5 Å². The van der Waals surface area contributed by atoms with E-state index in [0.29, 0.717) is 5.92 Å². The van der Waals surface area contributed by atoms with E-state index in [4.69, 9.17) is 0 Å². The van der Waals surface area contributed by atoms with Crippen molar-refractivity contribution in [2.45, 2.75) is 32.3 Å². The molecule has 0 spiro atoms. The summed E-state index contributed by atoms with van der Waals surface area (Å²) in [6.45, 7) is 2.20. The minimum atomic E-state index is -0.408. The molecule has 1 rings (SSSR count). The van der Waals surface area contributed by atoms with Gasteiger partial charge in [0.15, 0.2) is 0 Å². The third-order valence-electron chi connectivity index (χ3n) is 2.22. The third kappa shape index (κ3) is 4.09. The number of aliphatic hydroxyl groups excluding tert-OH is 1. The highest BCUT2D eigenvalue weighted by Crippen LogP contribution is 2.13. The second kappa shape index (κ2) is 5.76. The van der Waals surface area contributed by atoms with Crippen LogP contribution < -0.4 is 0 Å². The molecule has 0 saturated heterocycles. The van der Waals surface area contributed by atoms with E-state index in [1.54, 1.807) is 6.08 Å². The topological polar surface area (TPSA) is 20.2 Å². The number of rotatable bonds is 3. The fourth-order valence-electron chi connectivity index (χ4n) is 1.40. The second-order valence-corrected chi connectivity index (χ2v) is 3.45. The van der Waals surface area contributed by atoms with E-state index in [-0.39, 0.29) is 0 Å². The molecule has 1 aliphatic carbocycles. The maximum absolute atomic E-state index is 9.35. The Morgan fingerprint density at radius 3 is 2.62 bits per heavy atom. The van der Waals surface area contributed by atoms with Crippen molar-refractivity contribution < 1.29 is 5.11 Å². The maximum atomic E-state index is 9.35. The zero-order valence-corrected chi connectivity index (χ0v) is 8.19. The molecule has 0 heterocycles. The minimum Gasteiger partial charge on any atom is -0.385 e. The molecule has 1 aliphatic rings. The molecule has 0 aromatic carbocycles. The molecular formula is C12H18O. The van der Waals surface area contributed by atoms with Crippen LogP contribution in [0.4, 0.5) is 0 Å². The number of hydrogen-bond acceptors (Lipinski definition) is 1. The Balaban J connectivity index is 2.50. The summed E-state index contributed by atoms with van der Waals surface area (Å²) < 4.78 is 0. The summed E-state index contributed by atoms with van der Waals surface area (Å²) >= 11 is 0. The van der Waals surface area contributed by atoms with Gasteiger partial charge in [-0.15, -0.1) is 0 Å². The second-order valence-electron chi connectivity index (χ2n) is 3.45. The predicted molar refractivity (Wildman–Crippen MR) is 56.4 cm³/mol. The molecule has 0 saturated carbocycles. The van der Waals surface area contributed by atoms with E-state index >= 15 is 0 Å². The number of aliphatic hydroxyl groups is 1. The molecule has 0 fully saturated rings. The van der Waals surface area contributed by atoms with Crippen molar-refractivity contribution in [1.82, 2.24) is 0 Å². The van der Waals surface area contributed by atoms with Gasteiger partial charge in [0.2, 0.25) is 0 Å². The highest BCUT2D eigenvalue weighted by atomic mass is 16.3. The quantitative estimate of drug-likeness (QED) is 0.659. The Hall–Kier alpha value is -0.820. The van der Waals surface area contributed by atoms with E-state index in [2.05, 4.69) is 19.1 Å². The maximum Gasteiger partial charge on any atom is 0.0905 e. The number of unbranched alkanes of at least 4 members (excludes halogenated alkanes) is 1. The third-order valence-corrected chi connectivity index (χ3v) is 2.22. The first-order valence-corrected chi connectivity index (χ1v) is 5.04. The van der Waals surface area contributed by atoms with Gasteiger partial charge in [0.25, 0.3) is 0 Å². The Labute approximate surface area is 80.5 Å². The van der Waals surface area contributed by atoms with E-state index in [9.17, 15) is 5.11 Å². The number of allylic oxidation sites excluding steroid dienone is 4. The first kappa shape index (κ1) is 10.3. The van der Waals surface area contributed by atoms with E-state index in [1.165, 1.54) is 19.3 Å². The largest absolute Gasteiger partial charge is 0.385 e. The lowest BCUT2D eigenvalue weighted by atomic mass is 9.99. The first-order chi connectivity index (χ1) is 6.33. The summed E-state index contributed by atoms with van der Waals surface area (Å²) in [6, 6.07) is 0. The Morgan fingerprint density at radius 2 is 1.85 bits per heavy atom. The summed E-state index contributed by atoms with van der Waals surface area (Å²) in [5, 5.41) is 9.35. The van der Waals surface area contributed by atoms with Crippen molar-refractivity contribution in [2.24, 2.45) is 5.92 Å². The van der Waals surface area contributed by atoms with Crippen LogP contribution in [0, 0.1) is 5.92 Å². The van der Waals surface area contributed by atoms with Crippen molar-refractivity contribution >= 4 is 0 Å². The van der Waals surface area contributed by atoms with Crippen molar-refractivity contribution in [2.75, 3.05) is 0 Å². The standard InChI is InChI=1S/C12H18O/c1-2-3-6-11-7-4-5-8-12(13)10-9-11/h4-5,7-13H,2-3,6H2,1H3/t11-,12-/m1/s1. The lowest BCUT2D eigenvalue weighted by Gasteiger charge is -2.08. The van der Waals surface area contributed by atoms with Crippen LogP contribution in [-0.4, -0.2) is 11.2 Å². The highest BCUT2D eigenvalue weighted by Gasteiger charge is 2.01. The average Bonchev–Trinajstić information content (AvgIpc) is 2.11. The Bertz CT molecular complexity index is 213. The van der Waals surface area contributed by atoms with Gasteiger partial charge in [-0.3, -0.25) is 0 Å². The SMILES string of the molecule is CCCC[C@@H]1C=CC=C[C@@H](O)C=C1. The highest BCUT2D eigenvalue weighted by molar-refractivity contribution is 5.16. The van der Waals surface area contributed by atoms with Crippen LogP contribution in [0.2, 0.25) is 0 Å². The molecule has 0 aromatic heterocycles. The average molecular weight is 178 g/mol. The van der Waals surface area contributed by atoms with Gasteiger partial charge in [-0.1, -0.05) is 56.2 Å². The Kier molecular flexibility index (Phi) is 4.55. The van der Waals surface area contributed by atoms with Gasteiger partial charge in [0, 0.05) is 0 Å². The van der Waals surface area contributed by atoms with Crippen molar-refractivity contribution in [3.63, 3.8) is 0 Å². The molecule has 72 valence electrons. The van der Waals surface area contributed by atoms with E-state index in [0.717, 1.165) is 0 Å². The molecule has 0 aromatic rings. The summed E-state index contributed by atoms with van der Waals surface area (Å²) in [7, 11) is 0. The minimum absolute atomic E-state index is 0.408. The van der Waals surface area contributed by atoms with Crippen LogP contribution in [0.15, 0.2) is 36.5 Å². The molecule has 1 N–H and O–H groups in total. The fourth-order valence-corrected chi connectivity index (χ4v) is 1.40. The number of hydrogen-bond donors (Lipinski definition) is 1. The van der Waals surface area contributed by atoms with Crippen LogP contribution in [0.3, 0.4) is 0 Å². The molecular weight excluding hydrogens is 160 g/mol. The van der Waals surface area contributed by atoms with Crippen LogP contribution in [0.1, 0.15) is 26.2 Å². The molecule has 0 aliphatic heterocycles. The molecule has 0 bridgehead atoms. The summed E-state index contributed by atoms with van der Waals surface area (Å²) in [6.07, 6.45) is 15.1. The molecule has 13 heavy (non-hydrogen) atoms. The summed E-state index contributed by atoms with van der Waals surface area (Å²) in [5.74, 6) is 0.500. The van der Waals surface area contributed by atoms with E-state index < -0.39 is 6.10 Å². The Morgan fingerprint density at radius 1 is 1.08 bits per heavy atom. The smallest absolute Gasteiger partial charge is 0.0905 e. The fraction of sp³-hybridized carbons (Fsp3) is 0.500. The van der Waals surface area contributed by atoms with Gasteiger partial charge < -0.3 is 5.11 Å². The summed E-state index contributed by atoms with van der Waals surface area (Å²) in [5.41, 5.74) is 0. The molecule has 0 radical (unpaired) electrons. The molecule has 1 heteroatoms. The van der Waals surface area contributed by atoms with Gasteiger partial charge in [-0.2, -0.15) is 0 Å². The molecule has 0 amide bonds. The van der Waals surface area contributed by atoms with Crippen LogP contribution >= 0.6 is 0 Å². The molecule has 2 atom stereocenters. The lowest BCUT2D eigenvalue weighted by molar-refractivity contribution is 0.270.